The predicted octanol–water partition coefficient (Wildman–Crippen LogP) is 0.412. The molecule has 0 aliphatic heterocycles. The average molecular weight is 157 g/mol. The van der Waals surface area contributed by atoms with Crippen LogP contribution in [0, 0.1) is 0 Å². The van der Waals surface area contributed by atoms with E-state index in [-0.39, 0.29) is 13.2 Å². The molecule has 0 aromatic rings. The van der Waals surface area contributed by atoms with E-state index in [1.54, 1.807) is 12.2 Å². The van der Waals surface area contributed by atoms with Crippen LogP contribution in [0.1, 0.15) is 6.92 Å². The van der Waals surface area contributed by atoms with E-state index in [9.17, 15) is 0 Å². The van der Waals surface area contributed by atoms with E-state index < -0.39 is 6.10 Å². The standard InChI is InChI=1S/C8H15NO2/c1-3-8(4-2)11-6-7(10)5-9/h3-4,7,10H,1,5-6,9H2,2H3. The lowest BCUT2D eigenvalue weighted by Gasteiger charge is -2.09. The third-order valence-corrected chi connectivity index (χ3v) is 1.20. The lowest BCUT2D eigenvalue weighted by molar-refractivity contribution is 0.0813. The molecule has 0 saturated carbocycles. The fourth-order valence-corrected chi connectivity index (χ4v) is 0.521. The normalized spacial score (nSPS) is 14.3. The van der Waals surface area contributed by atoms with Crippen LogP contribution in [0.5, 0.6) is 0 Å². The molecule has 0 spiro atoms. The van der Waals surface area contributed by atoms with Crippen molar-refractivity contribution in [2.75, 3.05) is 13.2 Å². The summed E-state index contributed by atoms with van der Waals surface area (Å²) in [6.45, 7) is 5.81. The number of ether oxygens (including phenoxy) is 1. The Bertz CT molecular complexity index is 143. The first-order valence-corrected chi connectivity index (χ1v) is 3.54. The first-order chi connectivity index (χ1) is 5.24. The van der Waals surface area contributed by atoms with Gasteiger partial charge in [0.2, 0.25) is 0 Å². The molecule has 0 radical (unpaired) electrons. The Labute approximate surface area is 67.2 Å². The molecule has 0 aromatic heterocycles. The summed E-state index contributed by atoms with van der Waals surface area (Å²) in [6, 6.07) is 0. The van der Waals surface area contributed by atoms with Crippen LogP contribution in [-0.4, -0.2) is 24.4 Å². The van der Waals surface area contributed by atoms with Gasteiger partial charge in [0.1, 0.15) is 18.5 Å². The van der Waals surface area contributed by atoms with E-state index in [0.717, 1.165) is 0 Å². The zero-order chi connectivity index (χ0) is 8.69. The third kappa shape index (κ3) is 4.58. The zero-order valence-electron chi connectivity index (χ0n) is 6.79. The Hall–Kier alpha value is -0.800. The maximum Gasteiger partial charge on any atom is 0.115 e. The summed E-state index contributed by atoms with van der Waals surface area (Å²) in [4.78, 5) is 0. The van der Waals surface area contributed by atoms with Crippen LogP contribution in [-0.2, 0) is 4.74 Å². The fraction of sp³-hybridized carbons (Fsp3) is 0.500. The lowest BCUT2D eigenvalue weighted by atomic mass is 10.4. The second kappa shape index (κ2) is 5.95. The van der Waals surface area contributed by atoms with E-state index in [0.29, 0.717) is 5.76 Å². The van der Waals surface area contributed by atoms with Crippen LogP contribution in [0.3, 0.4) is 0 Å². The Balaban J connectivity index is 3.59. The van der Waals surface area contributed by atoms with Gasteiger partial charge in [-0.2, -0.15) is 0 Å². The van der Waals surface area contributed by atoms with E-state index in [2.05, 4.69) is 6.58 Å². The highest BCUT2D eigenvalue weighted by atomic mass is 16.5. The predicted molar refractivity (Wildman–Crippen MR) is 45.0 cm³/mol. The van der Waals surface area contributed by atoms with Crippen molar-refractivity contribution in [3.05, 3.63) is 24.5 Å². The van der Waals surface area contributed by atoms with Gasteiger partial charge in [-0.05, 0) is 19.1 Å². The molecule has 1 unspecified atom stereocenters. The molecular formula is C8H15NO2. The summed E-state index contributed by atoms with van der Waals surface area (Å²) in [5.74, 6) is 0.664. The summed E-state index contributed by atoms with van der Waals surface area (Å²) in [7, 11) is 0. The molecule has 0 bridgehead atoms. The highest BCUT2D eigenvalue weighted by Gasteiger charge is 2.00. The van der Waals surface area contributed by atoms with Crippen molar-refractivity contribution in [2.24, 2.45) is 5.73 Å². The number of aliphatic hydroxyl groups excluding tert-OH is 1. The second-order valence-corrected chi connectivity index (χ2v) is 2.10. The first kappa shape index (κ1) is 10.2. The van der Waals surface area contributed by atoms with Crippen molar-refractivity contribution in [1.29, 1.82) is 0 Å². The Morgan fingerprint density at radius 1 is 1.82 bits per heavy atom. The Morgan fingerprint density at radius 3 is 2.82 bits per heavy atom. The molecule has 0 aliphatic rings. The molecule has 3 N–H and O–H groups in total. The van der Waals surface area contributed by atoms with Gasteiger partial charge < -0.3 is 15.6 Å². The number of rotatable bonds is 5. The molecule has 64 valence electrons. The van der Waals surface area contributed by atoms with Gasteiger partial charge >= 0.3 is 0 Å². The van der Waals surface area contributed by atoms with Gasteiger partial charge in [-0.25, -0.2) is 0 Å². The van der Waals surface area contributed by atoms with Crippen LogP contribution in [0.4, 0.5) is 0 Å². The van der Waals surface area contributed by atoms with E-state index in [1.165, 1.54) is 0 Å². The number of aliphatic hydroxyl groups is 1. The molecule has 0 rings (SSSR count). The van der Waals surface area contributed by atoms with Gasteiger partial charge in [-0.15, -0.1) is 0 Å². The van der Waals surface area contributed by atoms with Crippen molar-refractivity contribution >= 4 is 0 Å². The molecule has 11 heavy (non-hydrogen) atoms. The van der Waals surface area contributed by atoms with Crippen LogP contribution in [0.25, 0.3) is 0 Å². The molecule has 3 nitrogen and oxygen atoms in total. The van der Waals surface area contributed by atoms with Crippen molar-refractivity contribution in [3.8, 4) is 0 Å². The second-order valence-electron chi connectivity index (χ2n) is 2.10. The minimum Gasteiger partial charge on any atom is -0.491 e. The molecule has 0 saturated heterocycles. The minimum absolute atomic E-state index is 0.216. The van der Waals surface area contributed by atoms with Crippen LogP contribution in [0.2, 0.25) is 0 Å². The van der Waals surface area contributed by atoms with Gasteiger partial charge in [0, 0.05) is 6.54 Å². The molecular weight excluding hydrogens is 142 g/mol. The molecule has 3 heteroatoms. The summed E-state index contributed by atoms with van der Waals surface area (Å²) < 4.78 is 5.11. The van der Waals surface area contributed by atoms with Crippen molar-refractivity contribution in [1.82, 2.24) is 0 Å². The number of hydrogen-bond acceptors (Lipinski definition) is 3. The first-order valence-electron chi connectivity index (χ1n) is 3.54. The van der Waals surface area contributed by atoms with Crippen LogP contribution >= 0.6 is 0 Å². The highest BCUT2D eigenvalue weighted by molar-refractivity contribution is 5.06. The summed E-state index contributed by atoms with van der Waals surface area (Å²) in [5, 5.41) is 8.99. The number of allylic oxidation sites excluding steroid dienone is 2. The monoisotopic (exact) mass is 157 g/mol. The van der Waals surface area contributed by atoms with Gasteiger partial charge in [0.25, 0.3) is 0 Å². The van der Waals surface area contributed by atoms with Crippen molar-refractivity contribution < 1.29 is 9.84 Å². The molecule has 0 aromatic carbocycles. The minimum atomic E-state index is -0.593. The molecule has 0 amide bonds. The Kier molecular flexibility index (Phi) is 5.51. The smallest absolute Gasteiger partial charge is 0.115 e. The number of hydrogen-bond donors (Lipinski definition) is 2. The van der Waals surface area contributed by atoms with Crippen LogP contribution < -0.4 is 5.73 Å². The Morgan fingerprint density at radius 2 is 2.45 bits per heavy atom. The largest absolute Gasteiger partial charge is 0.491 e. The van der Waals surface area contributed by atoms with E-state index in [1.807, 2.05) is 6.92 Å². The summed E-state index contributed by atoms with van der Waals surface area (Å²) >= 11 is 0. The van der Waals surface area contributed by atoms with Gasteiger partial charge in [-0.1, -0.05) is 6.58 Å². The van der Waals surface area contributed by atoms with Gasteiger partial charge in [0.15, 0.2) is 0 Å². The summed E-state index contributed by atoms with van der Waals surface area (Å²) in [5.41, 5.74) is 5.17. The van der Waals surface area contributed by atoms with E-state index >= 15 is 0 Å². The van der Waals surface area contributed by atoms with Crippen molar-refractivity contribution in [2.45, 2.75) is 13.0 Å². The van der Waals surface area contributed by atoms with Gasteiger partial charge in [0.05, 0.1) is 0 Å². The quantitative estimate of drug-likeness (QED) is 0.449. The fourth-order valence-electron chi connectivity index (χ4n) is 0.521. The average Bonchev–Trinajstić information content (AvgIpc) is 2.06. The third-order valence-electron chi connectivity index (χ3n) is 1.20. The maximum absolute atomic E-state index is 8.99. The SMILES string of the molecule is C=CC(=CC)OCC(O)CN. The molecule has 0 heterocycles. The zero-order valence-corrected chi connectivity index (χ0v) is 6.79. The topological polar surface area (TPSA) is 55.5 Å². The maximum atomic E-state index is 8.99. The molecule has 1 atom stereocenters. The van der Waals surface area contributed by atoms with Crippen molar-refractivity contribution in [3.63, 3.8) is 0 Å². The van der Waals surface area contributed by atoms with E-state index in [4.69, 9.17) is 15.6 Å². The highest BCUT2D eigenvalue weighted by Crippen LogP contribution is 1.98. The molecule has 0 fully saturated rings. The lowest BCUT2D eigenvalue weighted by Crippen LogP contribution is -2.24. The van der Waals surface area contributed by atoms with Gasteiger partial charge in [-0.3, -0.25) is 0 Å². The summed E-state index contributed by atoms with van der Waals surface area (Å²) in [6.07, 6.45) is 2.77. The molecule has 0 aliphatic carbocycles. The number of nitrogens with two attached hydrogens (primary N) is 1. The van der Waals surface area contributed by atoms with Crippen LogP contribution in [0.15, 0.2) is 24.5 Å².